The van der Waals surface area contributed by atoms with Crippen LogP contribution in [0.5, 0.6) is 5.75 Å². The molecule has 3 N–H and O–H groups in total. The molecule has 1 aliphatic carbocycles. The summed E-state index contributed by atoms with van der Waals surface area (Å²) >= 11 is 0. The van der Waals surface area contributed by atoms with Crippen molar-refractivity contribution in [3.8, 4) is 11.8 Å². The number of hydrogen-bond acceptors (Lipinski definition) is 5. The lowest BCUT2D eigenvalue weighted by Crippen LogP contribution is -2.26. The lowest BCUT2D eigenvalue weighted by atomic mass is 10.0. The van der Waals surface area contributed by atoms with Crippen molar-refractivity contribution in [1.82, 2.24) is 0 Å². The quantitative estimate of drug-likeness (QED) is 0.678. The maximum absolute atomic E-state index is 11.9. The lowest BCUT2D eigenvalue weighted by Gasteiger charge is -2.21. The number of anilines is 1. The number of hydrogen-bond donors (Lipinski definition) is 3. The van der Waals surface area contributed by atoms with Crippen molar-refractivity contribution < 1.29 is 19.7 Å². The number of rotatable bonds is 7. The van der Waals surface area contributed by atoms with Crippen molar-refractivity contribution >= 4 is 11.7 Å². The molecule has 28 heavy (non-hydrogen) atoms. The van der Waals surface area contributed by atoms with Crippen molar-refractivity contribution in [2.24, 2.45) is 0 Å². The zero-order chi connectivity index (χ0) is 20.1. The summed E-state index contributed by atoms with van der Waals surface area (Å²) in [5, 5.41) is 31.7. The van der Waals surface area contributed by atoms with Crippen LogP contribution in [0.2, 0.25) is 0 Å². The van der Waals surface area contributed by atoms with Crippen LogP contribution in [-0.2, 0) is 11.2 Å². The molecule has 0 aromatic heterocycles. The largest absolute Gasteiger partial charge is 0.488 e. The Kier molecular flexibility index (Phi) is 6.17. The van der Waals surface area contributed by atoms with E-state index in [1.165, 1.54) is 0 Å². The van der Waals surface area contributed by atoms with Crippen molar-refractivity contribution in [2.45, 2.75) is 50.9 Å². The summed E-state index contributed by atoms with van der Waals surface area (Å²) in [6.07, 6.45) is 2.43. The van der Waals surface area contributed by atoms with E-state index in [2.05, 4.69) is 5.32 Å². The van der Waals surface area contributed by atoms with Gasteiger partial charge in [-0.25, -0.2) is 4.79 Å². The van der Waals surface area contributed by atoms with Gasteiger partial charge in [-0.05, 0) is 73.2 Å². The van der Waals surface area contributed by atoms with Crippen LogP contribution in [-0.4, -0.2) is 28.4 Å². The molecule has 3 atom stereocenters. The molecular formula is C22H24N2O4. The van der Waals surface area contributed by atoms with Crippen LogP contribution in [0.25, 0.3) is 0 Å². The van der Waals surface area contributed by atoms with Crippen molar-refractivity contribution in [3.63, 3.8) is 0 Å². The smallest absolute Gasteiger partial charge is 0.330 e. The molecule has 0 saturated heterocycles. The van der Waals surface area contributed by atoms with Crippen LogP contribution in [0, 0.1) is 11.3 Å². The third-order valence-electron chi connectivity index (χ3n) is 5.01. The molecular weight excluding hydrogens is 356 g/mol. The Labute approximate surface area is 164 Å². The second-order valence-electron chi connectivity index (χ2n) is 7.02. The number of nitrogens with one attached hydrogen (secondary N) is 1. The third-order valence-corrected chi connectivity index (χ3v) is 5.01. The molecule has 2 aromatic rings. The molecule has 0 aliphatic heterocycles. The van der Waals surface area contributed by atoms with E-state index in [1.807, 2.05) is 25.1 Å². The first kappa shape index (κ1) is 19.7. The van der Waals surface area contributed by atoms with Gasteiger partial charge in [0.25, 0.3) is 0 Å². The Hall–Kier alpha value is -3.04. The summed E-state index contributed by atoms with van der Waals surface area (Å²) in [6.45, 7) is 2.00. The van der Waals surface area contributed by atoms with Gasteiger partial charge in [-0.3, -0.25) is 0 Å². The standard InChI is InChI=1S/C22H24N2O4/c1-2-14-10-16(12-18(11-14)28-20-5-3-4-19(20)25)21(22(26)27)24-17-8-6-15(13-23)7-9-17/h6-12,19-21,24-25H,2-5H2,1H3,(H,26,27). The average Bonchev–Trinajstić information content (AvgIpc) is 3.10. The number of aryl methyl sites for hydroxylation is 1. The number of aliphatic hydroxyl groups excluding tert-OH is 1. The minimum absolute atomic E-state index is 0.255. The van der Waals surface area contributed by atoms with E-state index in [1.54, 1.807) is 30.3 Å². The number of aliphatic carboxylic acids is 1. The number of nitriles is 1. The maximum atomic E-state index is 11.9. The normalized spacial score (nSPS) is 19.6. The summed E-state index contributed by atoms with van der Waals surface area (Å²) in [4.78, 5) is 11.9. The Morgan fingerprint density at radius 3 is 2.61 bits per heavy atom. The number of carboxylic acids is 1. The summed E-state index contributed by atoms with van der Waals surface area (Å²) in [5.41, 5.74) is 2.67. The fourth-order valence-electron chi connectivity index (χ4n) is 3.44. The van der Waals surface area contributed by atoms with E-state index in [0.29, 0.717) is 22.6 Å². The summed E-state index contributed by atoms with van der Waals surface area (Å²) in [6, 6.07) is 13.2. The van der Waals surface area contributed by atoms with Crippen LogP contribution in [0.15, 0.2) is 42.5 Å². The Morgan fingerprint density at radius 1 is 1.29 bits per heavy atom. The zero-order valence-corrected chi connectivity index (χ0v) is 15.8. The van der Waals surface area contributed by atoms with E-state index >= 15 is 0 Å². The first-order valence-corrected chi connectivity index (χ1v) is 9.48. The molecule has 1 aliphatic rings. The topological polar surface area (TPSA) is 103 Å². The van der Waals surface area contributed by atoms with Gasteiger partial charge in [0.1, 0.15) is 11.9 Å². The van der Waals surface area contributed by atoms with Crippen molar-refractivity contribution in [1.29, 1.82) is 5.26 Å². The van der Waals surface area contributed by atoms with Crippen LogP contribution < -0.4 is 10.1 Å². The summed E-state index contributed by atoms with van der Waals surface area (Å²) in [5.74, 6) is -0.433. The predicted molar refractivity (Wildman–Crippen MR) is 105 cm³/mol. The Bertz CT molecular complexity index is 873. The van der Waals surface area contributed by atoms with Crippen molar-refractivity contribution in [2.75, 3.05) is 5.32 Å². The van der Waals surface area contributed by atoms with Gasteiger partial charge >= 0.3 is 5.97 Å². The van der Waals surface area contributed by atoms with Crippen LogP contribution >= 0.6 is 0 Å². The van der Waals surface area contributed by atoms with E-state index < -0.39 is 18.1 Å². The molecule has 3 rings (SSSR count). The second-order valence-corrected chi connectivity index (χ2v) is 7.02. The zero-order valence-electron chi connectivity index (χ0n) is 15.8. The minimum Gasteiger partial charge on any atom is -0.488 e. The van der Waals surface area contributed by atoms with Gasteiger partial charge in [-0.2, -0.15) is 5.26 Å². The highest BCUT2D eigenvalue weighted by Gasteiger charge is 2.28. The molecule has 6 heteroatoms. The SMILES string of the molecule is CCc1cc(OC2CCCC2O)cc(C(Nc2ccc(C#N)cc2)C(=O)O)c1. The molecule has 0 radical (unpaired) electrons. The van der Waals surface area contributed by atoms with Gasteiger partial charge in [-0.15, -0.1) is 0 Å². The average molecular weight is 380 g/mol. The van der Waals surface area contributed by atoms with Gasteiger partial charge < -0.3 is 20.3 Å². The first-order chi connectivity index (χ1) is 13.5. The molecule has 0 spiro atoms. The van der Waals surface area contributed by atoms with Crippen LogP contribution in [0.3, 0.4) is 0 Å². The number of nitrogens with zero attached hydrogens (tertiary/aromatic N) is 1. The number of carboxylic acid groups (broad SMARTS) is 1. The fraction of sp³-hybridized carbons (Fsp3) is 0.364. The molecule has 1 saturated carbocycles. The van der Waals surface area contributed by atoms with Gasteiger partial charge in [0.15, 0.2) is 6.04 Å². The number of aliphatic hydroxyl groups is 1. The van der Waals surface area contributed by atoms with E-state index in [0.717, 1.165) is 31.2 Å². The van der Waals surface area contributed by atoms with Gasteiger partial charge in [-0.1, -0.05) is 13.0 Å². The first-order valence-electron chi connectivity index (χ1n) is 9.48. The molecule has 0 bridgehead atoms. The number of carbonyl (C=O) groups is 1. The minimum atomic E-state index is -1.01. The Balaban J connectivity index is 1.87. The second kappa shape index (κ2) is 8.77. The third kappa shape index (κ3) is 4.62. The highest BCUT2D eigenvalue weighted by atomic mass is 16.5. The van der Waals surface area contributed by atoms with E-state index in [-0.39, 0.29) is 6.10 Å². The van der Waals surface area contributed by atoms with Crippen LogP contribution in [0.4, 0.5) is 5.69 Å². The summed E-state index contributed by atoms with van der Waals surface area (Å²) < 4.78 is 5.97. The highest BCUT2D eigenvalue weighted by molar-refractivity contribution is 5.79. The Morgan fingerprint density at radius 2 is 2.04 bits per heavy atom. The predicted octanol–water partition coefficient (Wildman–Crippen LogP) is 3.65. The molecule has 3 unspecified atom stereocenters. The fourth-order valence-corrected chi connectivity index (χ4v) is 3.44. The number of benzene rings is 2. The van der Waals surface area contributed by atoms with E-state index in [9.17, 15) is 15.0 Å². The highest BCUT2D eigenvalue weighted by Crippen LogP contribution is 2.29. The molecule has 0 amide bonds. The molecule has 0 heterocycles. The van der Waals surface area contributed by atoms with Crippen molar-refractivity contribution in [3.05, 3.63) is 59.2 Å². The molecule has 6 nitrogen and oxygen atoms in total. The molecule has 1 fully saturated rings. The monoisotopic (exact) mass is 380 g/mol. The number of ether oxygens (including phenoxy) is 1. The van der Waals surface area contributed by atoms with E-state index in [4.69, 9.17) is 10.00 Å². The van der Waals surface area contributed by atoms with Gasteiger partial charge in [0.05, 0.1) is 17.7 Å². The molecule has 146 valence electrons. The lowest BCUT2D eigenvalue weighted by molar-refractivity contribution is -0.138. The summed E-state index contributed by atoms with van der Waals surface area (Å²) in [7, 11) is 0. The van der Waals surface area contributed by atoms with Crippen LogP contribution in [0.1, 0.15) is 48.9 Å². The maximum Gasteiger partial charge on any atom is 0.330 e. The van der Waals surface area contributed by atoms with Gasteiger partial charge in [0.2, 0.25) is 0 Å². The molecule has 2 aromatic carbocycles. The van der Waals surface area contributed by atoms with Gasteiger partial charge in [0, 0.05) is 5.69 Å².